The van der Waals surface area contributed by atoms with Gasteiger partial charge >= 0.3 is 0 Å². The van der Waals surface area contributed by atoms with Crippen LogP contribution in [0.5, 0.6) is 0 Å². The molecule has 0 amide bonds. The van der Waals surface area contributed by atoms with E-state index in [1.54, 1.807) is 32.2 Å². The first-order valence-corrected chi connectivity index (χ1v) is 10.1. The molecule has 0 fully saturated rings. The molecule has 0 radical (unpaired) electrons. The Hall–Kier alpha value is -3.26. The molecule has 1 aromatic heterocycles. The van der Waals surface area contributed by atoms with Crippen molar-refractivity contribution in [3.8, 4) is 5.69 Å². The molecule has 8 heteroatoms. The third kappa shape index (κ3) is 5.88. The van der Waals surface area contributed by atoms with Crippen molar-refractivity contribution >= 4 is 5.96 Å². The molecule has 31 heavy (non-hydrogen) atoms. The Bertz CT molecular complexity index is 964. The van der Waals surface area contributed by atoms with Gasteiger partial charge in [0.2, 0.25) is 0 Å². The van der Waals surface area contributed by atoms with Crippen molar-refractivity contribution in [2.45, 2.75) is 12.5 Å². The summed E-state index contributed by atoms with van der Waals surface area (Å²) in [6.07, 6.45) is 4.46. The summed E-state index contributed by atoms with van der Waals surface area (Å²) >= 11 is 0. The topological polar surface area (TPSA) is 57.5 Å². The number of halogens is 2. The molecule has 0 saturated carbocycles. The summed E-state index contributed by atoms with van der Waals surface area (Å²) in [5.74, 6) is -0.527. The summed E-state index contributed by atoms with van der Waals surface area (Å²) in [5.41, 5.74) is 2.24. The number of hydrogen-bond donors (Lipinski definition) is 2. The number of aliphatic imine (C=N–C) groups is 1. The van der Waals surface area contributed by atoms with E-state index < -0.39 is 17.7 Å². The molecular formula is C23H28F2N6. The SMILES string of the molecule is CN=C(NCCc1ccc(-n2cccn2)cc1)NCC(c1c(F)cccc1F)N(C)C. The summed E-state index contributed by atoms with van der Waals surface area (Å²) in [6, 6.07) is 13.5. The normalized spacial score (nSPS) is 12.8. The number of hydrogen-bond acceptors (Lipinski definition) is 3. The second kappa shape index (κ2) is 10.7. The average Bonchev–Trinajstić information content (AvgIpc) is 3.29. The van der Waals surface area contributed by atoms with Crippen LogP contribution in [0, 0.1) is 11.6 Å². The minimum absolute atomic E-state index is 0.0488. The van der Waals surface area contributed by atoms with E-state index in [-0.39, 0.29) is 5.56 Å². The Morgan fingerprint density at radius 3 is 2.35 bits per heavy atom. The molecule has 1 unspecified atom stereocenters. The van der Waals surface area contributed by atoms with Crippen LogP contribution in [0.2, 0.25) is 0 Å². The number of rotatable bonds is 8. The van der Waals surface area contributed by atoms with Gasteiger partial charge in [0.05, 0.1) is 11.7 Å². The highest BCUT2D eigenvalue weighted by atomic mass is 19.1. The molecule has 1 atom stereocenters. The molecule has 6 nitrogen and oxygen atoms in total. The van der Waals surface area contributed by atoms with Crippen molar-refractivity contribution in [1.29, 1.82) is 0 Å². The average molecular weight is 427 g/mol. The summed E-state index contributed by atoms with van der Waals surface area (Å²) in [6.45, 7) is 0.977. The van der Waals surface area contributed by atoms with Crippen LogP contribution in [0.4, 0.5) is 8.78 Å². The fraction of sp³-hybridized carbons (Fsp3) is 0.304. The van der Waals surface area contributed by atoms with Crippen LogP contribution < -0.4 is 10.6 Å². The van der Waals surface area contributed by atoms with Gasteiger partial charge < -0.3 is 15.5 Å². The Morgan fingerprint density at radius 2 is 1.77 bits per heavy atom. The first-order valence-electron chi connectivity index (χ1n) is 10.1. The Kier molecular flexibility index (Phi) is 7.72. The van der Waals surface area contributed by atoms with E-state index in [4.69, 9.17) is 0 Å². The van der Waals surface area contributed by atoms with Crippen molar-refractivity contribution in [2.24, 2.45) is 4.99 Å². The summed E-state index contributed by atoms with van der Waals surface area (Å²) in [5, 5.41) is 10.6. The zero-order chi connectivity index (χ0) is 22.2. The minimum atomic E-state index is -0.554. The second-order valence-corrected chi connectivity index (χ2v) is 7.36. The quantitative estimate of drug-likeness (QED) is 0.429. The number of nitrogens with zero attached hydrogens (tertiary/aromatic N) is 4. The molecule has 1 heterocycles. The zero-order valence-corrected chi connectivity index (χ0v) is 18.0. The Morgan fingerprint density at radius 1 is 1.06 bits per heavy atom. The van der Waals surface area contributed by atoms with Crippen molar-refractivity contribution in [3.05, 3.63) is 83.7 Å². The van der Waals surface area contributed by atoms with Crippen LogP contribution in [0.25, 0.3) is 5.69 Å². The van der Waals surface area contributed by atoms with E-state index in [1.165, 1.54) is 23.8 Å². The maximum atomic E-state index is 14.2. The third-order valence-corrected chi connectivity index (χ3v) is 5.05. The molecule has 164 valence electrons. The van der Waals surface area contributed by atoms with Crippen LogP contribution in [-0.2, 0) is 6.42 Å². The van der Waals surface area contributed by atoms with Crippen LogP contribution in [0.15, 0.2) is 65.9 Å². The van der Waals surface area contributed by atoms with E-state index in [9.17, 15) is 8.78 Å². The maximum Gasteiger partial charge on any atom is 0.191 e. The molecule has 0 saturated heterocycles. The Labute approximate surface area is 181 Å². The lowest BCUT2D eigenvalue weighted by atomic mass is 10.0. The van der Waals surface area contributed by atoms with Crippen molar-refractivity contribution in [1.82, 2.24) is 25.3 Å². The van der Waals surface area contributed by atoms with E-state index >= 15 is 0 Å². The summed E-state index contributed by atoms with van der Waals surface area (Å²) < 4.78 is 30.3. The lowest BCUT2D eigenvalue weighted by molar-refractivity contribution is 0.282. The van der Waals surface area contributed by atoms with Crippen LogP contribution >= 0.6 is 0 Å². The fourth-order valence-electron chi connectivity index (χ4n) is 3.35. The van der Waals surface area contributed by atoms with Crippen LogP contribution in [0.3, 0.4) is 0 Å². The van der Waals surface area contributed by atoms with Gasteiger partial charge in [0.25, 0.3) is 0 Å². The molecule has 3 rings (SSSR count). The van der Waals surface area contributed by atoms with E-state index in [0.717, 1.165) is 12.1 Å². The molecule has 2 N–H and O–H groups in total. The largest absolute Gasteiger partial charge is 0.356 e. The number of guanidine groups is 1. The first-order chi connectivity index (χ1) is 15.0. The van der Waals surface area contributed by atoms with Crippen LogP contribution in [0.1, 0.15) is 17.2 Å². The highest BCUT2D eigenvalue weighted by Crippen LogP contribution is 2.23. The lowest BCUT2D eigenvalue weighted by Crippen LogP contribution is -2.42. The molecule has 2 aromatic carbocycles. The Balaban J connectivity index is 1.53. The summed E-state index contributed by atoms with van der Waals surface area (Å²) in [7, 11) is 5.26. The highest BCUT2D eigenvalue weighted by molar-refractivity contribution is 5.79. The predicted octanol–water partition coefficient (Wildman–Crippen LogP) is 3.16. The highest BCUT2D eigenvalue weighted by Gasteiger charge is 2.22. The third-order valence-electron chi connectivity index (χ3n) is 5.05. The molecule has 3 aromatic rings. The van der Waals surface area contributed by atoms with Gasteiger partial charge in [-0.2, -0.15) is 5.10 Å². The molecule has 0 aliphatic carbocycles. The predicted molar refractivity (Wildman–Crippen MR) is 119 cm³/mol. The molecular weight excluding hydrogens is 398 g/mol. The fourth-order valence-corrected chi connectivity index (χ4v) is 3.35. The van der Waals surface area contributed by atoms with Gasteiger partial charge in [0, 0.05) is 38.1 Å². The first kappa shape index (κ1) is 22.4. The number of nitrogens with one attached hydrogen (secondary N) is 2. The van der Waals surface area contributed by atoms with Gasteiger partial charge in [-0.1, -0.05) is 18.2 Å². The van der Waals surface area contributed by atoms with Gasteiger partial charge in [-0.25, -0.2) is 13.5 Å². The molecule has 0 aliphatic rings. The van der Waals surface area contributed by atoms with E-state index in [0.29, 0.717) is 19.0 Å². The van der Waals surface area contributed by atoms with Gasteiger partial charge in [-0.15, -0.1) is 0 Å². The lowest BCUT2D eigenvalue weighted by Gasteiger charge is -2.26. The number of benzene rings is 2. The second-order valence-electron chi connectivity index (χ2n) is 7.36. The standard InChI is InChI=1S/C23H28F2N6/c1-26-23(28-16-21(30(2)3)22-19(24)6-4-7-20(22)25)27-14-12-17-8-10-18(11-9-17)31-15-5-13-29-31/h4-11,13,15,21H,12,14,16H2,1-3H3,(H2,26,27,28). The van der Waals surface area contributed by atoms with Gasteiger partial charge in [-0.05, 0) is 56.4 Å². The number of aromatic nitrogens is 2. The van der Waals surface area contributed by atoms with Gasteiger partial charge in [-0.3, -0.25) is 4.99 Å². The maximum absolute atomic E-state index is 14.2. The summed E-state index contributed by atoms with van der Waals surface area (Å²) in [4.78, 5) is 5.99. The molecule has 0 bridgehead atoms. The zero-order valence-electron chi connectivity index (χ0n) is 18.0. The van der Waals surface area contributed by atoms with E-state index in [2.05, 4.69) is 32.9 Å². The van der Waals surface area contributed by atoms with E-state index in [1.807, 2.05) is 29.1 Å². The van der Waals surface area contributed by atoms with Crippen LogP contribution in [-0.4, -0.2) is 54.9 Å². The van der Waals surface area contributed by atoms with Gasteiger partial charge in [0.15, 0.2) is 5.96 Å². The molecule has 0 aliphatic heterocycles. The van der Waals surface area contributed by atoms with Crippen molar-refractivity contribution < 1.29 is 8.78 Å². The van der Waals surface area contributed by atoms with Gasteiger partial charge in [0.1, 0.15) is 11.6 Å². The minimum Gasteiger partial charge on any atom is -0.356 e. The van der Waals surface area contributed by atoms with Crippen molar-refractivity contribution in [2.75, 3.05) is 34.2 Å². The molecule has 0 spiro atoms. The monoisotopic (exact) mass is 426 g/mol. The van der Waals surface area contributed by atoms with Crippen molar-refractivity contribution in [3.63, 3.8) is 0 Å². The smallest absolute Gasteiger partial charge is 0.191 e. The number of likely N-dealkylation sites (N-methyl/N-ethyl adjacent to an activating group) is 1.